The van der Waals surface area contributed by atoms with Crippen LogP contribution >= 0.6 is 11.6 Å². The molecule has 29 heavy (non-hydrogen) atoms. The van der Waals surface area contributed by atoms with Crippen LogP contribution in [0, 0.1) is 0 Å². The highest BCUT2D eigenvalue weighted by molar-refractivity contribution is 6.30. The predicted molar refractivity (Wildman–Crippen MR) is 122 cm³/mol. The zero-order valence-electron chi connectivity index (χ0n) is 17.4. The number of halogens is 1. The van der Waals surface area contributed by atoms with E-state index in [1.807, 2.05) is 18.2 Å². The zero-order valence-corrected chi connectivity index (χ0v) is 18.1. The summed E-state index contributed by atoms with van der Waals surface area (Å²) in [5, 5.41) is 9.73. The smallest absolute Gasteiger partial charge is 0.328 e. The third kappa shape index (κ3) is 4.91. The highest BCUT2D eigenvalue weighted by atomic mass is 35.5. The van der Waals surface area contributed by atoms with Crippen LogP contribution in [-0.4, -0.2) is 30.2 Å². The second-order valence-corrected chi connectivity index (χ2v) is 8.43. The van der Waals surface area contributed by atoms with Crippen LogP contribution in [0.4, 0.5) is 5.69 Å². The number of nitrogens with zero attached hydrogens (tertiary/aromatic N) is 1. The highest BCUT2D eigenvalue weighted by Crippen LogP contribution is 2.40. The minimum absolute atomic E-state index is 0.590. The molecule has 0 amide bonds. The number of aliphatic carboxylic acids is 1. The van der Waals surface area contributed by atoms with Gasteiger partial charge in [0.15, 0.2) is 0 Å². The third-order valence-corrected chi connectivity index (χ3v) is 6.92. The van der Waals surface area contributed by atoms with Crippen LogP contribution in [0.15, 0.2) is 54.6 Å². The van der Waals surface area contributed by atoms with Crippen LogP contribution in [0.5, 0.6) is 0 Å². The van der Waals surface area contributed by atoms with Crippen LogP contribution in [0.3, 0.4) is 0 Å². The number of benzene rings is 2. The molecule has 0 radical (unpaired) electrons. The summed E-state index contributed by atoms with van der Waals surface area (Å²) >= 11 is 6.05. The van der Waals surface area contributed by atoms with Crippen molar-refractivity contribution in [2.75, 3.05) is 13.1 Å². The summed E-state index contributed by atoms with van der Waals surface area (Å²) in [6.45, 7) is 6.63. The molecule has 2 aromatic rings. The molecule has 0 saturated heterocycles. The minimum Gasteiger partial charge on any atom is -0.478 e. The van der Waals surface area contributed by atoms with E-state index in [0.29, 0.717) is 12.0 Å². The number of hydrogen-bond acceptors (Lipinski definition) is 1. The zero-order chi connectivity index (χ0) is 20.9. The van der Waals surface area contributed by atoms with E-state index in [4.69, 9.17) is 16.7 Å². The van der Waals surface area contributed by atoms with E-state index in [2.05, 4.69) is 44.2 Å². The summed E-state index contributed by atoms with van der Waals surface area (Å²) in [4.78, 5) is 10.9. The molecule has 1 aliphatic carbocycles. The molecule has 3 rings (SSSR count). The summed E-state index contributed by atoms with van der Waals surface area (Å²) in [7, 11) is 0. The standard InChI is InChI=1S/C25H30ClNO2/c1-3-27(4-2,24-7-5-6-19(18-24)8-17-25(28)29)23-15-11-21(12-16-23)20-9-13-22(26)14-10-20/h5-10,13-14,17-18,21,23H,3-4,11-12,15-16H2,1-2H3/p+1. The molecule has 1 aliphatic rings. The molecule has 1 fully saturated rings. The van der Waals surface area contributed by atoms with Crippen molar-refractivity contribution < 1.29 is 9.90 Å². The molecule has 0 unspecified atom stereocenters. The van der Waals surface area contributed by atoms with Gasteiger partial charge in [-0.25, -0.2) is 4.79 Å². The van der Waals surface area contributed by atoms with E-state index in [9.17, 15) is 4.79 Å². The molecule has 154 valence electrons. The average molecular weight is 413 g/mol. The Morgan fingerprint density at radius 2 is 1.72 bits per heavy atom. The molecular formula is C25H31ClNO2+. The first kappa shape index (κ1) is 21.6. The SMILES string of the molecule is CC[N+](CC)(c1cccc(C=CC(=O)O)c1)C1CCC(c2ccc(Cl)cc2)CC1. The molecule has 1 N–H and O–H groups in total. The van der Waals surface area contributed by atoms with Crippen molar-refractivity contribution in [3.8, 4) is 0 Å². The second kappa shape index (κ2) is 9.60. The van der Waals surface area contributed by atoms with Crippen molar-refractivity contribution in [3.63, 3.8) is 0 Å². The Hall–Kier alpha value is -2.10. The van der Waals surface area contributed by atoms with Gasteiger partial charge in [0.25, 0.3) is 0 Å². The first-order valence-corrected chi connectivity index (χ1v) is 11.0. The van der Waals surface area contributed by atoms with E-state index in [1.54, 1.807) is 6.08 Å². The molecule has 0 aromatic heterocycles. The molecule has 0 aliphatic heterocycles. The first-order valence-electron chi connectivity index (χ1n) is 10.6. The molecule has 0 heterocycles. The maximum absolute atomic E-state index is 10.9. The average Bonchev–Trinajstić information content (AvgIpc) is 2.75. The van der Waals surface area contributed by atoms with E-state index < -0.39 is 5.97 Å². The van der Waals surface area contributed by atoms with Crippen molar-refractivity contribution in [2.24, 2.45) is 0 Å². The van der Waals surface area contributed by atoms with Crippen molar-refractivity contribution in [3.05, 3.63) is 70.8 Å². The van der Waals surface area contributed by atoms with Gasteiger partial charge in [-0.1, -0.05) is 35.9 Å². The quantitative estimate of drug-likeness (QED) is 0.415. The number of hydrogen-bond donors (Lipinski definition) is 1. The first-order chi connectivity index (χ1) is 14.0. The Bertz CT molecular complexity index is 847. The van der Waals surface area contributed by atoms with Gasteiger partial charge in [0.1, 0.15) is 5.69 Å². The number of carboxylic acids is 1. The predicted octanol–water partition coefficient (Wildman–Crippen LogP) is 6.51. The Labute approximate surface area is 179 Å². The Kier molecular flexibility index (Phi) is 7.15. The summed E-state index contributed by atoms with van der Waals surface area (Å²) < 4.78 is 0.960. The van der Waals surface area contributed by atoms with Crippen molar-refractivity contribution in [2.45, 2.75) is 51.5 Å². The van der Waals surface area contributed by atoms with E-state index in [-0.39, 0.29) is 0 Å². The van der Waals surface area contributed by atoms with Gasteiger partial charge in [0.05, 0.1) is 19.1 Å². The molecule has 4 heteroatoms. The van der Waals surface area contributed by atoms with Crippen LogP contribution in [-0.2, 0) is 4.79 Å². The monoisotopic (exact) mass is 412 g/mol. The Morgan fingerprint density at radius 1 is 1.07 bits per heavy atom. The number of rotatable bonds is 7. The second-order valence-electron chi connectivity index (χ2n) is 7.99. The van der Waals surface area contributed by atoms with Crippen LogP contribution in [0.1, 0.15) is 56.6 Å². The largest absolute Gasteiger partial charge is 0.478 e. The lowest BCUT2D eigenvalue weighted by Gasteiger charge is -2.46. The summed E-state index contributed by atoms with van der Waals surface area (Å²) in [5.41, 5.74) is 3.64. The molecular weight excluding hydrogens is 382 g/mol. The minimum atomic E-state index is -0.914. The fourth-order valence-corrected chi connectivity index (χ4v) is 5.15. The van der Waals surface area contributed by atoms with Gasteiger partial charge in [0, 0.05) is 30.0 Å². The molecule has 3 nitrogen and oxygen atoms in total. The van der Waals surface area contributed by atoms with Gasteiger partial charge in [-0.05, 0) is 68.0 Å². The Morgan fingerprint density at radius 3 is 2.31 bits per heavy atom. The normalized spacial score (nSPS) is 20.1. The van der Waals surface area contributed by atoms with Crippen molar-refractivity contribution in [1.29, 1.82) is 0 Å². The number of carboxylic acid groups (broad SMARTS) is 1. The lowest BCUT2D eigenvalue weighted by Crippen LogP contribution is -2.57. The van der Waals surface area contributed by atoms with Crippen LogP contribution in [0.2, 0.25) is 5.02 Å². The topological polar surface area (TPSA) is 37.3 Å². The van der Waals surface area contributed by atoms with Crippen molar-refractivity contribution >= 4 is 29.3 Å². The molecule has 0 spiro atoms. The molecule has 1 saturated carbocycles. The van der Waals surface area contributed by atoms with Gasteiger partial charge in [-0.15, -0.1) is 0 Å². The van der Waals surface area contributed by atoms with Gasteiger partial charge >= 0.3 is 5.97 Å². The van der Waals surface area contributed by atoms with Crippen LogP contribution in [0.25, 0.3) is 6.08 Å². The number of quaternary nitrogens is 1. The lowest BCUT2D eigenvalue weighted by molar-refractivity contribution is -0.131. The number of carbonyl (C=O) groups is 1. The van der Waals surface area contributed by atoms with E-state index in [1.165, 1.54) is 43.0 Å². The van der Waals surface area contributed by atoms with E-state index in [0.717, 1.165) is 28.2 Å². The molecule has 0 atom stereocenters. The maximum Gasteiger partial charge on any atom is 0.328 e. The third-order valence-electron chi connectivity index (χ3n) is 6.67. The Balaban J connectivity index is 1.80. The van der Waals surface area contributed by atoms with Gasteiger partial charge < -0.3 is 5.11 Å². The van der Waals surface area contributed by atoms with E-state index >= 15 is 0 Å². The van der Waals surface area contributed by atoms with Gasteiger partial charge in [-0.3, -0.25) is 4.48 Å². The summed E-state index contributed by atoms with van der Waals surface area (Å²) in [5.74, 6) is -0.299. The van der Waals surface area contributed by atoms with Crippen LogP contribution < -0.4 is 4.48 Å². The highest BCUT2D eigenvalue weighted by Gasteiger charge is 2.39. The van der Waals surface area contributed by atoms with Gasteiger partial charge in [0.2, 0.25) is 0 Å². The fourth-order valence-electron chi connectivity index (χ4n) is 5.03. The fraction of sp³-hybridized carbons (Fsp3) is 0.400. The molecule has 0 bridgehead atoms. The van der Waals surface area contributed by atoms with Crippen molar-refractivity contribution in [1.82, 2.24) is 4.48 Å². The molecule has 2 aromatic carbocycles. The summed E-state index contributed by atoms with van der Waals surface area (Å²) in [6.07, 6.45) is 7.69. The maximum atomic E-state index is 10.9. The lowest BCUT2D eigenvalue weighted by atomic mass is 9.80. The summed E-state index contributed by atoms with van der Waals surface area (Å²) in [6, 6.07) is 17.3. The van der Waals surface area contributed by atoms with Gasteiger partial charge in [-0.2, -0.15) is 0 Å².